The number of nitrogens with zero attached hydrogens (tertiary/aromatic N) is 3. The summed E-state index contributed by atoms with van der Waals surface area (Å²) < 4.78 is 0. The molecule has 1 aromatic carbocycles. The predicted molar refractivity (Wildman–Crippen MR) is 80.0 cm³/mol. The van der Waals surface area contributed by atoms with Gasteiger partial charge < -0.3 is 5.32 Å². The highest BCUT2D eigenvalue weighted by Gasteiger charge is 2.18. The highest BCUT2D eigenvalue weighted by Crippen LogP contribution is 2.26. The first-order valence-corrected chi connectivity index (χ1v) is 6.92. The number of nitro benzene ring substituents is 1. The SMILES string of the molecule is Cc1nnc(NC(=O)C(=O)Nc2cc([N+](=O)[O-])ccc2Cl)s1. The van der Waals surface area contributed by atoms with E-state index in [-0.39, 0.29) is 21.5 Å². The van der Waals surface area contributed by atoms with Gasteiger partial charge in [0.2, 0.25) is 5.13 Å². The Morgan fingerprint density at radius 1 is 1.27 bits per heavy atom. The summed E-state index contributed by atoms with van der Waals surface area (Å²) in [4.78, 5) is 33.5. The Balaban J connectivity index is 2.09. The van der Waals surface area contributed by atoms with Gasteiger partial charge in [-0.25, -0.2) is 0 Å². The van der Waals surface area contributed by atoms with Gasteiger partial charge in [0, 0.05) is 12.1 Å². The lowest BCUT2D eigenvalue weighted by Crippen LogP contribution is -2.29. The van der Waals surface area contributed by atoms with Crippen molar-refractivity contribution >= 4 is 51.3 Å². The Morgan fingerprint density at radius 3 is 2.55 bits per heavy atom. The maximum Gasteiger partial charge on any atom is 0.315 e. The van der Waals surface area contributed by atoms with Gasteiger partial charge in [-0.2, -0.15) is 0 Å². The standard InChI is InChI=1S/C11H8ClN5O4S/c1-5-15-16-11(22-5)14-10(19)9(18)13-8-4-6(17(20)21)2-3-7(8)12/h2-4H,1H3,(H,13,18)(H,14,16,19). The number of carbonyl (C=O) groups is 2. The lowest BCUT2D eigenvalue weighted by Gasteiger charge is -2.06. The molecule has 22 heavy (non-hydrogen) atoms. The molecule has 0 fully saturated rings. The largest absolute Gasteiger partial charge is 0.316 e. The second kappa shape index (κ2) is 6.45. The minimum absolute atomic E-state index is 0.0375. The van der Waals surface area contributed by atoms with Crippen LogP contribution in [0.2, 0.25) is 5.02 Å². The topological polar surface area (TPSA) is 127 Å². The van der Waals surface area contributed by atoms with Crippen molar-refractivity contribution < 1.29 is 14.5 Å². The number of hydrogen-bond acceptors (Lipinski definition) is 7. The Labute approximate surface area is 132 Å². The molecule has 0 bridgehead atoms. The van der Waals surface area contributed by atoms with Crippen molar-refractivity contribution in [3.8, 4) is 0 Å². The van der Waals surface area contributed by atoms with Crippen LogP contribution in [0.1, 0.15) is 5.01 Å². The molecule has 0 aliphatic carbocycles. The van der Waals surface area contributed by atoms with E-state index in [1.165, 1.54) is 12.1 Å². The molecule has 0 spiro atoms. The molecule has 1 heterocycles. The number of anilines is 2. The van der Waals surface area contributed by atoms with Crippen LogP contribution >= 0.6 is 22.9 Å². The molecule has 0 aliphatic heterocycles. The maximum atomic E-state index is 11.8. The molecule has 2 rings (SSSR count). The van der Waals surface area contributed by atoms with E-state index in [1.807, 2.05) is 0 Å². The van der Waals surface area contributed by atoms with E-state index < -0.39 is 16.7 Å². The van der Waals surface area contributed by atoms with Crippen LogP contribution in [0.25, 0.3) is 0 Å². The summed E-state index contributed by atoms with van der Waals surface area (Å²) in [5.74, 6) is -2.02. The van der Waals surface area contributed by atoms with E-state index in [9.17, 15) is 19.7 Å². The average molecular weight is 342 g/mol. The summed E-state index contributed by atoms with van der Waals surface area (Å²) in [6.45, 7) is 1.69. The van der Waals surface area contributed by atoms with Gasteiger partial charge in [-0.05, 0) is 13.0 Å². The normalized spacial score (nSPS) is 10.1. The fourth-order valence-corrected chi connectivity index (χ4v) is 2.15. The lowest BCUT2D eigenvalue weighted by atomic mass is 10.2. The first-order chi connectivity index (χ1) is 10.4. The van der Waals surface area contributed by atoms with Gasteiger partial charge in [0.1, 0.15) is 5.01 Å². The zero-order chi connectivity index (χ0) is 16.3. The molecular weight excluding hydrogens is 334 g/mol. The van der Waals surface area contributed by atoms with Crippen molar-refractivity contribution in [1.82, 2.24) is 10.2 Å². The molecule has 2 aromatic rings. The molecule has 9 nitrogen and oxygen atoms in total. The molecule has 0 radical (unpaired) electrons. The second-order valence-corrected chi connectivity index (χ2v) is 5.54. The fourth-order valence-electron chi connectivity index (χ4n) is 1.40. The molecule has 2 amide bonds. The molecule has 0 saturated carbocycles. The van der Waals surface area contributed by atoms with Crippen molar-refractivity contribution in [3.63, 3.8) is 0 Å². The molecule has 2 N–H and O–H groups in total. The van der Waals surface area contributed by atoms with E-state index >= 15 is 0 Å². The first-order valence-electron chi connectivity index (χ1n) is 5.73. The third-order valence-corrected chi connectivity index (χ3v) is 3.45. The smallest absolute Gasteiger partial charge is 0.315 e. The van der Waals surface area contributed by atoms with Crippen molar-refractivity contribution in [1.29, 1.82) is 0 Å². The van der Waals surface area contributed by atoms with Crippen molar-refractivity contribution in [2.75, 3.05) is 10.6 Å². The third kappa shape index (κ3) is 3.74. The van der Waals surface area contributed by atoms with Crippen LogP contribution in [0.15, 0.2) is 18.2 Å². The average Bonchev–Trinajstić information content (AvgIpc) is 2.86. The monoisotopic (exact) mass is 341 g/mol. The number of nitrogens with one attached hydrogen (secondary N) is 2. The summed E-state index contributed by atoms with van der Waals surface area (Å²) in [6, 6.07) is 3.49. The van der Waals surface area contributed by atoms with Gasteiger partial charge in [0.15, 0.2) is 0 Å². The number of aromatic nitrogens is 2. The zero-order valence-corrected chi connectivity index (χ0v) is 12.6. The van der Waals surface area contributed by atoms with Gasteiger partial charge in [0.05, 0.1) is 15.6 Å². The Bertz CT molecular complexity index is 763. The summed E-state index contributed by atoms with van der Waals surface area (Å²) in [5, 5.41) is 23.3. The van der Waals surface area contributed by atoms with Crippen LogP contribution in [-0.2, 0) is 9.59 Å². The number of aryl methyl sites for hydroxylation is 1. The van der Waals surface area contributed by atoms with Crippen LogP contribution in [0, 0.1) is 17.0 Å². The van der Waals surface area contributed by atoms with Crippen molar-refractivity contribution in [2.24, 2.45) is 0 Å². The molecule has 11 heteroatoms. The Kier molecular flexibility index (Phi) is 4.63. The number of halogens is 1. The number of hydrogen-bond donors (Lipinski definition) is 2. The van der Waals surface area contributed by atoms with E-state index in [1.54, 1.807) is 6.92 Å². The van der Waals surface area contributed by atoms with E-state index in [0.717, 1.165) is 17.4 Å². The number of nitro groups is 1. The first kappa shape index (κ1) is 15.8. The third-order valence-electron chi connectivity index (χ3n) is 2.36. The second-order valence-electron chi connectivity index (χ2n) is 3.96. The summed E-state index contributed by atoms with van der Waals surface area (Å²) in [7, 11) is 0. The number of carbonyl (C=O) groups excluding carboxylic acids is 2. The molecule has 1 aromatic heterocycles. The number of rotatable bonds is 3. The van der Waals surface area contributed by atoms with Gasteiger partial charge >= 0.3 is 11.8 Å². The lowest BCUT2D eigenvalue weighted by molar-refractivity contribution is -0.384. The van der Waals surface area contributed by atoms with Crippen molar-refractivity contribution in [2.45, 2.75) is 6.92 Å². The summed E-state index contributed by atoms with van der Waals surface area (Å²) in [5.41, 5.74) is -0.302. The quantitative estimate of drug-likeness (QED) is 0.499. The molecule has 0 unspecified atom stereocenters. The number of benzene rings is 1. The highest BCUT2D eigenvalue weighted by molar-refractivity contribution is 7.15. The van der Waals surface area contributed by atoms with Crippen LogP contribution in [0.4, 0.5) is 16.5 Å². The van der Waals surface area contributed by atoms with E-state index in [0.29, 0.717) is 5.01 Å². The Hall–Kier alpha value is -2.59. The highest BCUT2D eigenvalue weighted by atomic mass is 35.5. The molecule has 114 valence electrons. The zero-order valence-electron chi connectivity index (χ0n) is 11.0. The Morgan fingerprint density at radius 2 is 1.95 bits per heavy atom. The molecule has 0 atom stereocenters. The van der Waals surface area contributed by atoms with Crippen LogP contribution in [-0.4, -0.2) is 26.9 Å². The maximum absolute atomic E-state index is 11.8. The van der Waals surface area contributed by atoms with E-state index in [2.05, 4.69) is 20.8 Å². The number of amides is 2. The predicted octanol–water partition coefficient (Wildman–Crippen LogP) is 1.99. The van der Waals surface area contributed by atoms with Crippen LogP contribution in [0.3, 0.4) is 0 Å². The number of non-ortho nitro benzene ring substituents is 1. The summed E-state index contributed by atoms with van der Waals surface area (Å²) >= 11 is 6.92. The minimum atomic E-state index is -1.03. The van der Waals surface area contributed by atoms with Crippen LogP contribution in [0.5, 0.6) is 0 Å². The molecule has 0 saturated heterocycles. The molecule has 0 aliphatic rings. The molecular formula is C11H8ClN5O4S. The van der Waals surface area contributed by atoms with Gasteiger partial charge in [0.25, 0.3) is 5.69 Å². The van der Waals surface area contributed by atoms with Crippen molar-refractivity contribution in [3.05, 3.63) is 38.3 Å². The van der Waals surface area contributed by atoms with Gasteiger partial charge in [-0.3, -0.25) is 25.0 Å². The van der Waals surface area contributed by atoms with Gasteiger partial charge in [-0.1, -0.05) is 22.9 Å². The summed E-state index contributed by atoms with van der Waals surface area (Å²) in [6.07, 6.45) is 0. The minimum Gasteiger partial charge on any atom is -0.316 e. The van der Waals surface area contributed by atoms with E-state index in [4.69, 9.17) is 11.6 Å². The fraction of sp³-hybridized carbons (Fsp3) is 0.0909. The van der Waals surface area contributed by atoms with Gasteiger partial charge in [-0.15, -0.1) is 10.2 Å². The van der Waals surface area contributed by atoms with Crippen LogP contribution < -0.4 is 10.6 Å².